The Hall–Kier alpha value is -0.870. The zero-order valence-corrected chi connectivity index (χ0v) is 9.93. The Bertz CT molecular complexity index is 324. The lowest BCUT2D eigenvalue weighted by Crippen LogP contribution is -2.23. The summed E-state index contributed by atoms with van der Waals surface area (Å²) in [6.07, 6.45) is 8.89. The predicted molar refractivity (Wildman–Crippen MR) is 63.2 cm³/mol. The van der Waals surface area contributed by atoms with E-state index in [1.54, 1.807) is 0 Å². The molecular formula is C12H21N3O. The molecule has 0 aliphatic carbocycles. The van der Waals surface area contributed by atoms with Gasteiger partial charge in [0.15, 0.2) is 0 Å². The second-order valence-corrected chi connectivity index (χ2v) is 4.44. The lowest BCUT2D eigenvalue weighted by molar-refractivity contribution is 0.0401. The van der Waals surface area contributed by atoms with Crippen molar-refractivity contribution in [2.24, 2.45) is 5.73 Å². The number of ether oxygens (including phenoxy) is 1. The van der Waals surface area contributed by atoms with Crippen molar-refractivity contribution in [3.63, 3.8) is 0 Å². The predicted octanol–water partition coefficient (Wildman–Crippen LogP) is 1.34. The highest BCUT2D eigenvalue weighted by molar-refractivity contribution is 4.93. The van der Waals surface area contributed by atoms with E-state index in [1.165, 1.54) is 5.82 Å². The Labute approximate surface area is 96.8 Å². The van der Waals surface area contributed by atoms with Gasteiger partial charge < -0.3 is 15.0 Å². The van der Waals surface area contributed by atoms with E-state index in [0.717, 1.165) is 32.2 Å². The van der Waals surface area contributed by atoms with Gasteiger partial charge in [0.05, 0.1) is 18.8 Å². The molecule has 16 heavy (non-hydrogen) atoms. The molecule has 90 valence electrons. The molecule has 0 saturated carbocycles. The molecule has 1 aromatic rings. The smallest absolute Gasteiger partial charge is 0.108 e. The van der Waals surface area contributed by atoms with Gasteiger partial charge in [-0.15, -0.1) is 0 Å². The maximum Gasteiger partial charge on any atom is 0.108 e. The first-order valence-corrected chi connectivity index (χ1v) is 6.19. The molecule has 2 heterocycles. The van der Waals surface area contributed by atoms with Crippen LogP contribution in [0, 0.1) is 0 Å². The van der Waals surface area contributed by atoms with Gasteiger partial charge in [-0.1, -0.05) is 6.92 Å². The second kappa shape index (κ2) is 5.46. The molecule has 0 spiro atoms. The first-order valence-electron chi connectivity index (χ1n) is 6.19. The fourth-order valence-corrected chi connectivity index (χ4v) is 2.27. The first kappa shape index (κ1) is 11.6. The Kier molecular flexibility index (Phi) is 3.96. The van der Waals surface area contributed by atoms with Crippen molar-refractivity contribution in [1.29, 1.82) is 0 Å². The van der Waals surface area contributed by atoms with Crippen LogP contribution in [-0.2, 0) is 17.7 Å². The molecule has 2 atom stereocenters. The molecule has 1 aliphatic rings. The van der Waals surface area contributed by atoms with Crippen LogP contribution in [0.5, 0.6) is 0 Å². The zero-order chi connectivity index (χ0) is 11.4. The Morgan fingerprint density at radius 2 is 2.31 bits per heavy atom. The summed E-state index contributed by atoms with van der Waals surface area (Å²) in [6, 6.07) is 0. The summed E-state index contributed by atoms with van der Waals surface area (Å²) in [6.45, 7) is 3.74. The maximum absolute atomic E-state index is 5.84. The zero-order valence-electron chi connectivity index (χ0n) is 9.93. The standard InChI is InChI=1S/C12H21N3O/c1-2-3-12-14-6-7-15(12)9-11-5-4-10(8-13)16-11/h6-7,10-11H,2-5,8-9,13H2,1H3. The third kappa shape index (κ3) is 2.62. The van der Waals surface area contributed by atoms with Crippen molar-refractivity contribution in [1.82, 2.24) is 9.55 Å². The molecule has 1 aromatic heterocycles. The van der Waals surface area contributed by atoms with Crippen LogP contribution >= 0.6 is 0 Å². The van der Waals surface area contributed by atoms with Crippen LogP contribution in [0.3, 0.4) is 0 Å². The second-order valence-electron chi connectivity index (χ2n) is 4.44. The molecule has 0 aromatic carbocycles. The molecule has 0 amide bonds. The van der Waals surface area contributed by atoms with Crippen molar-refractivity contribution in [3.05, 3.63) is 18.2 Å². The molecule has 2 unspecified atom stereocenters. The van der Waals surface area contributed by atoms with Gasteiger partial charge in [0, 0.05) is 25.4 Å². The maximum atomic E-state index is 5.84. The molecule has 4 heteroatoms. The summed E-state index contributed by atoms with van der Waals surface area (Å²) in [7, 11) is 0. The van der Waals surface area contributed by atoms with Crippen LogP contribution in [-0.4, -0.2) is 28.3 Å². The quantitative estimate of drug-likeness (QED) is 0.819. The average Bonchev–Trinajstić information content (AvgIpc) is 2.90. The molecular weight excluding hydrogens is 202 g/mol. The highest BCUT2D eigenvalue weighted by Crippen LogP contribution is 2.20. The van der Waals surface area contributed by atoms with E-state index in [2.05, 4.69) is 16.5 Å². The molecule has 1 aliphatic heterocycles. The number of hydrogen-bond acceptors (Lipinski definition) is 3. The van der Waals surface area contributed by atoms with E-state index < -0.39 is 0 Å². The van der Waals surface area contributed by atoms with Gasteiger partial charge in [0.2, 0.25) is 0 Å². The van der Waals surface area contributed by atoms with Crippen molar-refractivity contribution in [2.75, 3.05) is 6.54 Å². The Balaban J connectivity index is 1.91. The van der Waals surface area contributed by atoms with Gasteiger partial charge in [-0.2, -0.15) is 0 Å². The summed E-state index contributed by atoms with van der Waals surface area (Å²) < 4.78 is 8.06. The first-order chi connectivity index (χ1) is 7.83. The number of rotatable bonds is 5. The minimum atomic E-state index is 0.267. The van der Waals surface area contributed by atoms with Crippen molar-refractivity contribution < 1.29 is 4.74 Å². The third-order valence-electron chi connectivity index (χ3n) is 3.13. The van der Waals surface area contributed by atoms with Crippen LogP contribution in [0.1, 0.15) is 32.0 Å². The number of nitrogens with zero attached hydrogens (tertiary/aromatic N) is 2. The number of imidazole rings is 1. The summed E-state index contributed by atoms with van der Waals surface area (Å²) >= 11 is 0. The molecule has 4 nitrogen and oxygen atoms in total. The van der Waals surface area contributed by atoms with Crippen LogP contribution < -0.4 is 5.73 Å². The summed E-state index contributed by atoms with van der Waals surface area (Å²) in [5, 5.41) is 0. The molecule has 0 bridgehead atoms. The average molecular weight is 223 g/mol. The van der Waals surface area contributed by atoms with Gasteiger partial charge in [-0.25, -0.2) is 4.98 Å². The largest absolute Gasteiger partial charge is 0.372 e. The highest BCUT2D eigenvalue weighted by Gasteiger charge is 2.24. The Morgan fingerprint density at radius 1 is 1.50 bits per heavy atom. The fraction of sp³-hybridized carbons (Fsp3) is 0.750. The summed E-state index contributed by atoms with van der Waals surface area (Å²) in [4.78, 5) is 4.37. The number of hydrogen-bond donors (Lipinski definition) is 1. The lowest BCUT2D eigenvalue weighted by Gasteiger charge is -2.14. The van der Waals surface area contributed by atoms with Crippen molar-refractivity contribution >= 4 is 0 Å². The van der Waals surface area contributed by atoms with Gasteiger partial charge >= 0.3 is 0 Å². The van der Waals surface area contributed by atoms with E-state index in [-0.39, 0.29) is 6.10 Å². The number of nitrogens with two attached hydrogens (primary N) is 1. The van der Waals surface area contributed by atoms with E-state index in [0.29, 0.717) is 12.6 Å². The SMILES string of the molecule is CCCc1nccn1CC1CCC(CN)O1. The minimum Gasteiger partial charge on any atom is -0.372 e. The van der Waals surface area contributed by atoms with E-state index >= 15 is 0 Å². The Morgan fingerprint density at radius 3 is 3.00 bits per heavy atom. The highest BCUT2D eigenvalue weighted by atomic mass is 16.5. The van der Waals surface area contributed by atoms with Crippen LogP contribution in [0.2, 0.25) is 0 Å². The molecule has 1 fully saturated rings. The van der Waals surface area contributed by atoms with E-state index in [9.17, 15) is 0 Å². The van der Waals surface area contributed by atoms with Gasteiger partial charge in [-0.05, 0) is 19.3 Å². The van der Waals surface area contributed by atoms with Crippen molar-refractivity contribution in [2.45, 2.75) is 51.4 Å². The normalized spacial score (nSPS) is 25.1. The fourth-order valence-electron chi connectivity index (χ4n) is 2.27. The molecule has 0 radical (unpaired) electrons. The monoisotopic (exact) mass is 223 g/mol. The van der Waals surface area contributed by atoms with Gasteiger partial charge in [0.1, 0.15) is 5.82 Å². The number of aryl methyl sites for hydroxylation is 1. The van der Waals surface area contributed by atoms with Gasteiger partial charge in [-0.3, -0.25) is 0 Å². The van der Waals surface area contributed by atoms with E-state index in [4.69, 9.17) is 10.5 Å². The van der Waals surface area contributed by atoms with Crippen LogP contribution in [0.15, 0.2) is 12.4 Å². The molecule has 1 saturated heterocycles. The number of aromatic nitrogens is 2. The topological polar surface area (TPSA) is 53.1 Å². The molecule has 2 N–H and O–H groups in total. The summed E-state index contributed by atoms with van der Waals surface area (Å²) in [5.41, 5.74) is 5.60. The van der Waals surface area contributed by atoms with Crippen molar-refractivity contribution in [3.8, 4) is 0 Å². The molecule has 2 rings (SSSR count). The van der Waals surface area contributed by atoms with Gasteiger partial charge in [0.25, 0.3) is 0 Å². The third-order valence-corrected chi connectivity index (χ3v) is 3.13. The van der Waals surface area contributed by atoms with Crippen LogP contribution in [0.4, 0.5) is 0 Å². The van der Waals surface area contributed by atoms with E-state index in [1.807, 2.05) is 12.4 Å². The minimum absolute atomic E-state index is 0.267. The lowest BCUT2D eigenvalue weighted by atomic mass is 10.2. The summed E-state index contributed by atoms with van der Waals surface area (Å²) in [5.74, 6) is 1.17. The van der Waals surface area contributed by atoms with Crippen LogP contribution in [0.25, 0.3) is 0 Å².